The van der Waals surface area contributed by atoms with Gasteiger partial charge in [-0.2, -0.15) is 0 Å². The van der Waals surface area contributed by atoms with Crippen molar-refractivity contribution in [3.8, 4) is 0 Å². The number of aryl methyl sites for hydroxylation is 1. The summed E-state index contributed by atoms with van der Waals surface area (Å²) in [6.07, 6.45) is 0. The fourth-order valence-corrected chi connectivity index (χ4v) is 3.30. The first-order valence-corrected chi connectivity index (χ1v) is 7.77. The Hall–Kier alpha value is -1.08. The minimum Gasteiger partial charge on any atom is -0.465 e. The summed E-state index contributed by atoms with van der Waals surface area (Å²) in [4.78, 5) is 12.6. The summed E-state index contributed by atoms with van der Waals surface area (Å²) in [5.41, 5.74) is 1.04. The van der Waals surface area contributed by atoms with Crippen LogP contribution in [0.4, 0.5) is 5.00 Å². The second-order valence-corrected chi connectivity index (χ2v) is 7.64. The van der Waals surface area contributed by atoms with Crippen LogP contribution in [0.3, 0.4) is 0 Å². The van der Waals surface area contributed by atoms with Gasteiger partial charge in [0.15, 0.2) is 0 Å². The Bertz CT molecular complexity index is 558. The molecule has 1 heterocycles. The van der Waals surface area contributed by atoms with E-state index in [0.717, 1.165) is 10.4 Å². The van der Waals surface area contributed by atoms with Crippen LogP contribution < -0.4 is 4.72 Å². The van der Waals surface area contributed by atoms with Gasteiger partial charge in [-0.05, 0) is 33.3 Å². The number of sulfonamides is 1. The molecule has 1 N–H and O–H groups in total. The summed E-state index contributed by atoms with van der Waals surface area (Å²) in [7, 11) is -2.19. The normalized spacial score (nSPS) is 11.7. The van der Waals surface area contributed by atoms with Crippen LogP contribution in [0.1, 0.15) is 34.6 Å². The lowest BCUT2D eigenvalue weighted by Gasteiger charge is -2.10. The molecule has 0 atom stereocenters. The first-order valence-electron chi connectivity index (χ1n) is 5.40. The van der Waals surface area contributed by atoms with E-state index in [1.165, 1.54) is 18.4 Å². The molecule has 0 fully saturated rings. The first-order chi connectivity index (χ1) is 8.20. The Labute approximate surface area is 111 Å². The molecule has 0 aromatic carbocycles. The largest absolute Gasteiger partial charge is 0.465 e. The van der Waals surface area contributed by atoms with E-state index in [4.69, 9.17) is 0 Å². The summed E-state index contributed by atoms with van der Waals surface area (Å²) in [6, 6.07) is 0. The fraction of sp³-hybridized carbons (Fsp3) is 0.545. The summed E-state index contributed by atoms with van der Waals surface area (Å²) >= 11 is 1.24. The molecule has 18 heavy (non-hydrogen) atoms. The van der Waals surface area contributed by atoms with Crippen molar-refractivity contribution < 1.29 is 17.9 Å². The molecule has 0 radical (unpaired) electrons. The topological polar surface area (TPSA) is 72.5 Å². The zero-order valence-corrected chi connectivity index (χ0v) is 12.7. The predicted octanol–water partition coefficient (Wildman–Crippen LogP) is 2.30. The number of carbonyl (C=O) groups excluding carboxylic acids is 1. The molecule has 1 aromatic heterocycles. The van der Waals surface area contributed by atoms with E-state index in [2.05, 4.69) is 9.46 Å². The molecule has 0 aliphatic carbocycles. The molecule has 7 heteroatoms. The second-order valence-electron chi connectivity index (χ2n) is 4.17. The molecule has 0 saturated carbocycles. The summed E-state index contributed by atoms with van der Waals surface area (Å²) in [5.74, 6) is -0.529. The number of thiophene rings is 1. The Morgan fingerprint density at radius 2 is 1.89 bits per heavy atom. The van der Waals surface area contributed by atoms with Gasteiger partial charge in [0, 0.05) is 4.88 Å². The number of methoxy groups -OCH3 is 1. The number of rotatable bonds is 4. The molecule has 0 saturated heterocycles. The fourth-order valence-electron chi connectivity index (χ4n) is 1.29. The highest BCUT2D eigenvalue weighted by Gasteiger charge is 2.24. The van der Waals surface area contributed by atoms with Crippen LogP contribution in [0, 0.1) is 13.8 Å². The zero-order chi connectivity index (χ0) is 14.1. The maximum atomic E-state index is 11.8. The van der Waals surface area contributed by atoms with Gasteiger partial charge in [-0.25, -0.2) is 13.2 Å². The van der Waals surface area contributed by atoms with Crippen LogP contribution in [0.15, 0.2) is 0 Å². The smallest absolute Gasteiger partial charge is 0.341 e. The molecule has 102 valence electrons. The Morgan fingerprint density at radius 1 is 1.33 bits per heavy atom. The van der Waals surface area contributed by atoms with Crippen LogP contribution in [0.2, 0.25) is 0 Å². The number of esters is 1. The van der Waals surface area contributed by atoms with Crippen molar-refractivity contribution >= 4 is 32.3 Å². The Morgan fingerprint density at radius 3 is 2.33 bits per heavy atom. The van der Waals surface area contributed by atoms with Gasteiger partial charge in [-0.1, -0.05) is 0 Å². The third-order valence-corrected chi connectivity index (χ3v) is 5.61. The van der Waals surface area contributed by atoms with Crippen molar-refractivity contribution in [2.24, 2.45) is 0 Å². The molecule has 0 unspecified atom stereocenters. The van der Waals surface area contributed by atoms with E-state index in [1.807, 2.05) is 6.92 Å². The van der Waals surface area contributed by atoms with E-state index in [-0.39, 0.29) is 0 Å². The number of carbonyl (C=O) groups is 1. The molecular formula is C11H17NO4S2. The highest BCUT2D eigenvalue weighted by molar-refractivity contribution is 7.93. The van der Waals surface area contributed by atoms with E-state index in [0.29, 0.717) is 10.6 Å². The van der Waals surface area contributed by atoms with Gasteiger partial charge >= 0.3 is 5.97 Å². The Kier molecular flexibility index (Phi) is 4.39. The van der Waals surface area contributed by atoms with Crippen molar-refractivity contribution in [1.29, 1.82) is 0 Å². The minimum absolute atomic E-state index is 0.296. The second kappa shape index (κ2) is 5.27. The summed E-state index contributed by atoms with van der Waals surface area (Å²) in [6.45, 7) is 6.76. The van der Waals surface area contributed by atoms with Crippen LogP contribution in [-0.2, 0) is 14.8 Å². The zero-order valence-electron chi connectivity index (χ0n) is 11.0. The van der Waals surface area contributed by atoms with Crippen LogP contribution >= 0.6 is 11.3 Å². The van der Waals surface area contributed by atoms with Crippen LogP contribution in [0.5, 0.6) is 0 Å². The van der Waals surface area contributed by atoms with Gasteiger partial charge < -0.3 is 4.74 Å². The van der Waals surface area contributed by atoms with E-state index in [9.17, 15) is 13.2 Å². The molecule has 1 aromatic rings. The van der Waals surface area contributed by atoms with E-state index < -0.39 is 21.2 Å². The lowest BCUT2D eigenvalue weighted by molar-refractivity contribution is 0.0601. The quantitative estimate of drug-likeness (QED) is 0.864. The molecular weight excluding hydrogens is 274 g/mol. The average Bonchev–Trinajstić information content (AvgIpc) is 2.53. The van der Waals surface area contributed by atoms with Crippen molar-refractivity contribution in [3.63, 3.8) is 0 Å². The summed E-state index contributed by atoms with van der Waals surface area (Å²) < 4.78 is 30.8. The Balaban J connectivity index is 3.26. The third kappa shape index (κ3) is 2.84. The minimum atomic E-state index is -3.47. The maximum absolute atomic E-state index is 11.8. The third-order valence-electron chi connectivity index (χ3n) is 2.63. The van der Waals surface area contributed by atoms with Crippen LogP contribution in [-0.4, -0.2) is 26.7 Å². The molecule has 0 bridgehead atoms. The number of hydrogen-bond acceptors (Lipinski definition) is 5. The van der Waals surface area contributed by atoms with E-state index >= 15 is 0 Å². The van der Waals surface area contributed by atoms with Crippen molar-refractivity contribution in [3.05, 3.63) is 16.0 Å². The molecule has 5 nitrogen and oxygen atoms in total. The lowest BCUT2D eigenvalue weighted by Crippen LogP contribution is -2.23. The van der Waals surface area contributed by atoms with Gasteiger partial charge in [0.1, 0.15) is 5.00 Å². The monoisotopic (exact) mass is 291 g/mol. The van der Waals surface area contributed by atoms with Gasteiger partial charge in [-0.15, -0.1) is 11.3 Å². The highest BCUT2D eigenvalue weighted by atomic mass is 32.2. The number of anilines is 1. The van der Waals surface area contributed by atoms with Gasteiger partial charge in [0.2, 0.25) is 10.0 Å². The SMILES string of the molecule is COC(=O)c1c(NS(=O)(=O)C(C)C)sc(C)c1C. The molecule has 0 aliphatic heterocycles. The van der Waals surface area contributed by atoms with Gasteiger partial charge in [0.25, 0.3) is 0 Å². The van der Waals surface area contributed by atoms with Gasteiger partial charge in [0.05, 0.1) is 17.9 Å². The molecule has 0 spiro atoms. The van der Waals surface area contributed by atoms with Crippen molar-refractivity contribution in [2.45, 2.75) is 32.9 Å². The highest BCUT2D eigenvalue weighted by Crippen LogP contribution is 2.33. The average molecular weight is 291 g/mol. The number of nitrogens with one attached hydrogen (secondary N) is 1. The van der Waals surface area contributed by atoms with Crippen molar-refractivity contribution in [1.82, 2.24) is 0 Å². The molecule has 0 amide bonds. The van der Waals surface area contributed by atoms with E-state index in [1.54, 1.807) is 20.8 Å². The standard InChI is InChI=1S/C11H17NO4S2/c1-6(2)18(14,15)12-10-9(11(13)16-5)7(3)8(4)17-10/h6,12H,1-5H3. The van der Waals surface area contributed by atoms with Gasteiger partial charge in [-0.3, -0.25) is 4.72 Å². The number of ether oxygens (including phenoxy) is 1. The number of hydrogen-bond donors (Lipinski definition) is 1. The van der Waals surface area contributed by atoms with Crippen molar-refractivity contribution in [2.75, 3.05) is 11.8 Å². The predicted molar refractivity (Wildman–Crippen MR) is 72.8 cm³/mol. The summed E-state index contributed by atoms with van der Waals surface area (Å²) in [5, 5.41) is -0.240. The van der Waals surface area contributed by atoms with Crippen LogP contribution in [0.25, 0.3) is 0 Å². The molecule has 0 aliphatic rings. The maximum Gasteiger partial charge on any atom is 0.341 e. The lowest BCUT2D eigenvalue weighted by atomic mass is 10.2. The molecule has 1 rings (SSSR count). The first kappa shape index (κ1) is 15.0.